The minimum atomic E-state index is -2.85. The molecule has 1 aromatic carbocycles. The quantitative estimate of drug-likeness (QED) is 0.119. The molecule has 4 saturated carbocycles. The Morgan fingerprint density at radius 1 is 1.21 bits per heavy atom. The lowest BCUT2D eigenvalue weighted by molar-refractivity contribution is -0.428. The van der Waals surface area contributed by atoms with Gasteiger partial charge in [0.25, 0.3) is 11.8 Å². The number of hydrogen-bond acceptors (Lipinski definition) is 4. The normalized spacial score (nSPS) is 35.0. The van der Waals surface area contributed by atoms with Gasteiger partial charge in [-0.25, -0.2) is 17.7 Å². The summed E-state index contributed by atoms with van der Waals surface area (Å²) in [7, 11) is 1.74. The Hall–Kier alpha value is -3.29. The first-order chi connectivity index (χ1) is 22.8. The van der Waals surface area contributed by atoms with Crippen LogP contribution in [0.4, 0.5) is 18.9 Å². The van der Waals surface area contributed by atoms with Gasteiger partial charge in [-0.1, -0.05) is 37.4 Å². The van der Waals surface area contributed by atoms with Crippen molar-refractivity contribution in [3.63, 3.8) is 0 Å². The van der Waals surface area contributed by atoms with Gasteiger partial charge in [0, 0.05) is 58.3 Å². The van der Waals surface area contributed by atoms with E-state index in [4.69, 9.17) is 5.73 Å². The molecule has 3 N–H and O–H groups in total. The highest BCUT2D eigenvalue weighted by molar-refractivity contribution is 14.2. The van der Waals surface area contributed by atoms with E-state index in [1.165, 1.54) is 23.2 Å². The van der Waals surface area contributed by atoms with Crippen LogP contribution in [-0.4, -0.2) is 75.1 Å². The molecular formula is C36H42F3IN5O3+. The highest BCUT2D eigenvalue weighted by atomic mass is 127. The van der Waals surface area contributed by atoms with E-state index in [9.17, 15) is 18.4 Å². The molecule has 1 heterocycles. The predicted octanol–water partition coefficient (Wildman–Crippen LogP) is 4.69. The van der Waals surface area contributed by atoms with Crippen LogP contribution < -0.4 is 16.0 Å². The van der Waals surface area contributed by atoms with Gasteiger partial charge in [0.2, 0.25) is 17.5 Å². The summed E-state index contributed by atoms with van der Waals surface area (Å²) >= 11 is -0.835. The Kier molecular flexibility index (Phi) is 8.07. The minimum absolute atomic E-state index is 0.0496. The fraction of sp³-hybridized carbons (Fsp3) is 0.528. The number of carbonyl (C=O) groups is 3. The maximum absolute atomic E-state index is 15.4. The molecule has 0 aromatic heterocycles. The van der Waals surface area contributed by atoms with E-state index in [0.717, 1.165) is 6.42 Å². The molecule has 1 aromatic rings. The van der Waals surface area contributed by atoms with Crippen LogP contribution >= 0.6 is 20.7 Å². The highest BCUT2D eigenvalue weighted by Crippen LogP contribution is 2.84. The largest absolute Gasteiger partial charge is 0.404 e. The van der Waals surface area contributed by atoms with Crippen molar-refractivity contribution in [1.82, 2.24) is 10.2 Å². The van der Waals surface area contributed by atoms with Gasteiger partial charge in [0.05, 0.1) is 6.04 Å². The van der Waals surface area contributed by atoms with Gasteiger partial charge in [0.1, 0.15) is 31.2 Å². The number of hydrogen-bond donors (Lipinski definition) is 2. The summed E-state index contributed by atoms with van der Waals surface area (Å²) < 4.78 is 49.8. The molecule has 8 atom stereocenters. The van der Waals surface area contributed by atoms with Crippen molar-refractivity contribution >= 4 is 55.4 Å². The lowest BCUT2D eigenvalue weighted by atomic mass is 9.70. The fourth-order valence-electron chi connectivity index (χ4n) is 9.86. The van der Waals surface area contributed by atoms with Crippen LogP contribution in [0.25, 0.3) is 0 Å². The Balaban J connectivity index is 1.37. The van der Waals surface area contributed by atoms with Crippen LogP contribution in [0.1, 0.15) is 51.9 Å². The molecule has 5 fully saturated rings. The number of alkyl halides is 2. The maximum Gasteiger partial charge on any atom is 0.252 e. The van der Waals surface area contributed by atoms with E-state index in [0.29, 0.717) is 22.1 Å². The standard InChI is InChI=1S/C36H41F3IN5O3/c1-20(13-25(10-12-41)43(3)4)44-30(7-8-31(44)46)32(47)45(26-16-22(37)15-23(17-26)40-2)35(33(48)42-24-18-34(38,39)19-24)11-9-28-27-6-5-21-14-29(21)36(27,28)35/h5-6,10,12-13,15-17,20-21,24,27-30H,2-3,7-9,11,14,18-19,41H2,1,4H3/p+1/b12-10-,25-13+/t20?,21?,27?,28?,29?,30-,35?,36?/m0/s1. The first kappa shape index (κ1) is 33.2. The van der Waals surface area contributed by atoms with Crippen LogP contribution in [0, 0.1) is 38.5 Å². The van der Waals surface area contributed by atoms with Crippen molar-refractivity contribution in [3.8, 4) is 0 Å². The van der Waals surface area contributed by atoms with E-state index in [1.807, 2.05) is 6.92 Å². The van der Waals surface area contributed by atoms with E-state index >= 15 is 9.18 Å². The molecule has 5 aliphatic carbocycles. The number of fused-ring (bicyclic) bond motifs is 2. The zero-order valence-corrected chi connectivity index (χ0v) is 29.3. The SMILES string of the molecule is C=Ic1cc(F)cc(N(C(=O)[C@@H]2CCC(=O)N2C(C)/C=C(\C=C/N)[N+](=C)C)C2(C(=O)NC3CC(F)(F)C3)CCC3C4C=CC5CC5C432)c1. The monoisotopic (exact) mass is 776 g/mol. The number of allylic oxidation sites excluding steroid dienone is 3. The molecule has 0 radical (unpaired) electrons. The number of nitrogens with one attached hydrogen (secondary N) is 1. The molecule has 1 saturated heterocycles. The predicted molar refractivity (Wildman–Crippen MR) is 186 cm³/mol. The Labute approximate surface area is 288 Å². The third kappa shape index (κ3) is 4.93. The molecule has 12 heteroatoms. The maximum atomic E-state index is 15.4. The summed E-state index contributed by atoms with van der Waals surface area (Å²) in [5, 5.41) is 2.95. The number of amides is 3. The summed E-state index contributed by atoms with van der Waals surface area (Å²) in [6.07, 6.45) is 10.5. The molecule has 8 nitrogen and oxygen atoms in total. The van der Waals surface area contributed by atoms with Gasteiger partial charge in [-0.05, 0) is 74.5 Å². The summed E-state index contributed by atoms with van der Waals surface area (Å²) in [6, 6.07) is 2.25. The summed E-state index contributed by atoms with van der Waals surface area (Å²) in [5.74, 6) is -3.89. The third-order valence-corrected chi connectivity index (χ3v) is 13.3. The molecule has 7 rings (SSSR count). The van der Waals surface area contributed by atoms with Crippen LogP contribution in [0.15, 0.2) is 54.4 Å². The van der Waals surface area contributed by atoms with E-state index in [1.54, 1.807) is 34.7 Å². The van der Waals surface area contributed by atoms with Gasteiger partial charge < -0.3 is 16.0 Å². The second kappa shape index (κ2) is 11.7. The third-order valence-electron chi connectivity index (χ3n) is 11.8. The van der Waals surface area contributed by atoms with Crippen molar-refractivity contribution in [3.05, 3.63) is 63.8 Å². The van der Waals surface area contributed by atoms with Crippen LogP contribution in [0.5, 0.6) is 0 Å². The minimum Gasteiger partial charge on any atom is -0.404 e. The highest BCUT2D eigenvalue weighted by Gasteiger charge is 2.87. The van der Waals surface area contributed by atoms with Crippen LogP contribution in [0.3, 0.4) is 0 Å². The van der Waals surface area contributed by atoms with Crippen molar-refractivity contribution in [2.24, 2.45) is 34.8 Å². The Morgan fingerprint density at radius 2 is 1.96 bits per heavy atom. The lowest BCUT2D eigenvalue weighted by Gasteiger charge is -2.50. The topological polar surface area (TPSA) is 98.8 Å². The first-order valence-electron chi connectivity index (χ1n) is 16.6. The number of likely N-dealkylation sites (tertiary alicyclic amines) is 1. The van der Waals surface area contributed by atoms with E-state index in [2.05, 4.69) is 28.7 Å². The number of anilines is 1. The molecule has 1 spiro atoms. The second-order valence-corrected chi connectivity index (χ2v) is 16.5. The number of rotatable bonds is 10. The number of halogens is 4. The van der Waals surface area contributed by atoms with Gasteiger partial charge in [-0.3, -0.25) is 19.3 Å². The van der Waals surface area contributed by atoms with Crippen molar-refractivity contribution < 1.29 is 32.1 Å². The number of benzene rings is 1. The number of nitrogens with two attached hydrogens (primary N) is 1. The molecule has 3 amide bonds. The number of likely N-dealkylation sites (N-methyl/N-ethyl adjacent to an activating group) is 1. The van der Waals surface area contributed by atoms with Crippen molar-refractivity contribution in [2.45, 2.75) is 81.5 Å². The van der Waals surface area contributed by atoms with Crippen molar-refractivity contribution in [2.75, 3.05) is 11.9 Å². The van der Waals surface area contributed by atoms with Gasteiger partial charge in [0.15, 0.2) is 0 Å². The number of nitrogens with zero attached hydrogens (tertiary/aromatic N) is 3. The average molecular weight is 777 g/mol. The summed E-state index contributed by atoms with van der Waals surface area (Å²) in [5.41, 5.74) is 4.52. The fourth-order valence-corrected chi connectivity index (χ4v) is 10.9. The van der Waals surface area contributed by atoms with E-state index in [-0.39, 0.29) is 48.1 Å². The van der Waals surface area contributed by atoms with Gasteiger partial charge in [-0.2, -0.15) is 0 Å². The zero-order valence-electron chi connectivity index (χ0n) is 27.2. The summed E-state index contributed by atoms with van der Waals surface area (Å²) in [4.78, 5) is 47.0. The second-order valence-electron chi connectivity index (χ2n) is 14.5. The molecule has 6 aliphatic rings. The van der Waals surface area contributed by atoms with Crippen molar-refractivity contribution in [1.29, 1.82) is 0 Å². The smallest absolute Gasteiger partial charge is 0.252 e. The van der Waals surface area contributed by atoms with E-state index < -0.39 is 86.2 Å². The molecule has 256 valence electrons. The Bertz CT molecular complexity index is 1700. The van der Waals surface area contributed by atoms with Crippen LogP contribution in [-0.2, 0) is 14.4 Å². The van der Waals surface area contributed by atoms with Gasteiger partial charge >= 0.3 is 0 Å². The molecule has 7 unspecified atom stereocenters. The molecule has 48 heavy (non-hydrogen) atoms. The summed E-state index contributed by atoms with van der Waals surface area (Å²) in [6.45, 7) is 5.75. The van der Waals surface area contributed by atoms with Gasteiger partial charge in [-0.15, -0.1) is 0 Å². The number of carbonyl (C=O) groups excluding carboxylic acids is 3. The molecule has 0 bridgehead atoms. The zero-order chi connectivity index (χ0) is 34.3. The molecule has 1 aliphatic heterocycles. The first-order valence-corrected chi connectivity index (χ1v) is 19.2. The molecular weight excluding hydrogens is 734 g/mol. The Morgan fingerprint density at radius 3 is 2.62 bits per heavy atom. The lowest BCUT2D eigenvalue weighted by Crippen LogP contribution is -2.70. The average Bonchev–Trinajstić information content (AvgIpc) is 3.86. The van der Waals surface area contributed by atoms with Crippen LogP contribution in [0.2, 0.25) is 0 Å².